The first-order valence-electron chi connectivity index (χ1n) is 26.5. The lowest BCUT2D eigenvalue weighted by molar-refractivity contribution is -0.144. The minimum Gasteiger partial charge on any atom is -0.466 e. The second-order valence-electron chi connectivity index (χ2n) is 20.0. The molecule has 2 unspecified atom stereocenters. The number of carbonyl (C=O) groups is 7. The maximum Gasteiger partial charge on any atom is 0.408 e. The molecule has 5 amide bonds. The zero-order valence-corrected chi connectivity index (χ0v) is 44.0. The third-order valence-electron chi connectivity index (χ3n) is 10.9. The summed E-state index contributed by atoms with van der Waals surface area (Å²) in [5.74, 6) is -1.93. The van der Waals surface area contributed by atoms with E-state index in [-0.39, 0.29) is 69.8 Å². The predicted molar refractivity (Wildman–Crippen MR) is 268 cm³/mol. The van der Waals surface area contributed by atoms with Crippen molar-refractivity contribution >= 4 is 41.8 Å². The van der Waals surface area contributed by atoms with Crippen LogP contribution in [0.15, 0.2) is 0 Å². The third-order valence-corrected chi connectivity index (χ3v) is 10.9. The van der Waals surface area contributed by atoms with Crippen molar-refractivity contribution in [3.63, 3.8) is 0 Å². The van der Waals surface area contributed by atoms with Crippen LogP contribution in [0, 0.1) is 0 Å². The van der Waals surface area contributed by atoms with Gasteiger partial charge in [0, 0.05) is 38.9 Å². The molecule has 396 valence electrons. The molecule has 2 atom stereocenters. The highest BCUT2D eigenvalue weighted by Gasteiger charge is 2.29. The average molecular weight is 968 g/mol. The molecule has 0 aliphatic rings. The Morgan fingerprint density at radius 1 is 0.397 bits per heavy atom. The summed E-state index contributed by atoms with van der Waals surface area (Å²) in [6, 6.07) is -2.27. The van der Waals surface area contributed by atoms with Gasteiger partial charge in [-0.3, -0.25) is 24.0 Å². The van der Waals surface area contributed by atoms with Gasteiger partial charge < -0.3 is 45.5 Å². The molecule has 16 heteroatoms. The van der Waals surface area contributed by atoms with Gasteiger partial charge in [0.2, 0.25) is 17.7 Å². The van der Waals surface area contributed by atoms with Gasteiger partial charge in [0.05, 0.1) is 13.2 Å². The molecule has 0 rings (SSSR count). The highest BCUT2D eigenvalue weighted by Crippen LogP contribution is 2.14. The van der Waals surface area contributed by atoms with E-state index in [1.54, 1.807) is 41.5 Å². The molecule has 0 aromatic heterocycles. The number of ether oxygens (including phenoxy) is 4. The van der Waals surface area contributed by atoms with Crippen molar-refractivity contribution in [2.45, 2.75) is 258 Å². The molecule has 16 nitrogen and oxygen atoms in total. The first kappa shape index (κ1) is 63.9. The van der Waals surface area contributed by atoms with E-state index in [0.29, 0.717) is 45.1 Å². The molecule has 5 N–H and O–H groups in total. The Morgan fingerprint density at radius 3 is 1.28 bits per heavy atom. The molecule has 0 aromatic carbocycles. The van der Waals surface area contributed by atoms with Gasteiger partial charge >= 0.3 is 24.1 Å². The smallest absolute Gasteiger partial charge is 0.408 e. The zero-order chi connectivity index (χ0) is 50.9. The Labute approximate surface area is 411 Å². The number of carbonyl (C=O) groups excluding carboxylic acids is 7. The highest BCUT2D eigenvalue weighted by molar-refractivity contribution is 5.91. The summed E-state index contributed by atoms with van der Waals surface area (Å²) in [6.07, 6.45) is 22.9. The van der Waals surface area contributed by atoms with E-state index in [4.69, 9.17) is 18.9 Å². The van der Waals surface area contributed by atoms with Crippen LogP contribution in [0.2, 0.25) is 0 Å². The predicted octanol–water partition coefficient (Wildman–Crippen LogP) is 10.2. The van der Waals surface area contributed by atoms with Crippen molar-refractivity contribution in [2.24, 2.45) is 0 Å². The van der Waals surface area contributed by atoms with Crippen molar-refractivity contribution in [1.29, 1.82) is 0 Å². The summed E-state index contributed by atoms with van der Waals surface area (Å²) in [6.45, 7) is 16.0. The summed E-state index contributed by atoms with van der Waals surface area (Å²) in [5, 5.41) is 13.6. The minimum atomic E-state index is -1.14. The Morgan fingerprint density at radius 2 is 0.809 bits per heavy atom. The number of hydrogen-bond acceptors (Lipinski definition) is 11. The molecule has 68 heavy (non-hydrogen) atoms. The van der Waals surface area contributed by atoms with Crippen LogP contribution in [0.25, 0.3) is 0 Å². The molecule has 0 saturated heterocycles. The van der Waals surface area contributed by atoms with Crippen LogP contribution >= 0.6 is 0 Å². The average Bonchev–Trinajstić information content (AvgIpc) is 3.25. The van der Waals surface area contributed by atoms with E-state index < -0.39 is 47.3 Å². The van der Waals surface area contributed by atoms with Crippen molar-refractivity contribution in [3.05, 3.63) is 0 Å². The molecule has 0 aliphatic carbocycles. The van der Waals surface area contributed by atoms with Crippen LogP contribution in [-0.2, 0) is 42.9 Å². The van der Waals surface area contributed by atoms with E-state index in [2.05, 4.69) is 40.4 Å². The molecule has 0 radical (unpaired) electrons. The fourth-order valence-corrected chi connectivity index (χ4v) is 7.13. The first-order chi connectivity index (χ1) is 32.4. The van der Waals surface area contributed by atoms with Crippen LogP contribution in [0.1, 0.15) is 235 Å². The molecule has 0 aromatic rings. The monoisotopic (exact) mass is 968 g/mol. The number of nitrogens with one attached hydrogen (secondary N) is 5. The second kappa shape index (κ2) is 40.7. The Hall–Kier alpha value is -4.11. The maximum atomic E-state index is 13.8. The van der Waals surface area contributed by atoms with Gasteiger partial charge in [-0.25, -0.2) is 9.59 Å². The van der Waals surface area contributed by atoms with E-state index in [0.717, 1.165) is 38.5 Å². The Bertz CT molecular complexity index is 1380. The minimum absolute atomic E-state index is 0.0320. The number of rotatable bonds is 41. The summed E-state index contributed by atoms with van der Waals surface area (Å²) < 4.78 is 21.5. The van der Waals surface area contributed by atoms with E-state index in [1.165, 1.54) is 77.0 Å². The van der Waals surface area contributed by atoms with Gasteiger partial charge in [0.25, 0.3) is 0 Å². The molecule has 0 saturated carbocycles. The fourth-order valence-electron chi connectivity index (χ4n) is 7.13. The Kier molecular flexibility index (Phi) is 38.3. The SMILES string of the molecule is CCCCCCCCCCCC(=O)OCCCCNC(=O)CCC(NC(=O)C(CCCNC(=O)OC(C)(C)C)NC(=O)OC(C)(C)C)C(=O)NCCCCOC(=O)CCCCCCCCCCC. The molecule has 0 fully saturated rings. The second-order valence-corrected chi connectivity index (χ2v) is 20.0. The summed E-state index contributed by atoms with van der Waals surface area (Å²) in [5.41, 5.74) is -1.54. The lowest BCUT2D eigenvalue weighted by Gasteiger charge is -2.25. The molecule has 0 aliphatic heterocycles. The fraction of sp³-hybridized carbons (Fsp3) is 0.865. The first-order valence-corrected chi connectivity index (χ1v) is 26.5. The topological polar surface area (TPSA) is 217 Å². The molecule has 0 bridgehead atoms. The van der Waals surface area contributed by atoms with Crippen molar-refractivity contribution in [2.75, 3.05) is 32.8 Å². The third kappa shape index (κ3) is 42.0. The zero-order valence-electron chi connectivity index (χ0n) is 44.0. The van der Waals surface area contributed by atoms with Crippen LogP contribution in [0.4, 0.5) is 9.59 Å². The molecular formula is C52H97N5O11. The van der Waals surface area contributed by atoms with E-state index in [9.17, 15) is 33.6 Å². The van der Waals surface area contributed by atoms with E-state index in [1.807, 2.05) is 0 Å². The quantitative estimate of drug-likeness (QED) is 0.0221. The van der Waals surface area contributed by atoms with Crippen LogP contribution in [-0.4, -0.2) is 98.0 Å². The lowest BCUT2D eigenvalue weighted by atomic mass is 10.1. The van der Waals surface area contributed by atoms with Gasteiger partial charge in [0.15, 0.2) is 0 Å². The van der Waals surface area contributed by atoms with Crippen LogP contribution in [0.3, 0.4) is 0 Å². The van der Waals surface area contributed by atoms with Gasteiger partial charge in [-0.05, 0) is 99.3 Å². The lowest BCUT2D eigenvalue weighted by Crippen LogP contribution is -2.54. The van der Waals surface area contributed by atoms with Crippen molar-refractivity contribution in [3.8, 4) is 0 Å². The number of unbranched alkanes of at least 4 members (excludes halogenated alkanes) is 18. The Balaban J connectivity index is 5.19. The number of amides is 5. The number of alkyl carbamates (subject to hydrolysis) is 2. The van der Waals surface area contributed by atoms with Gasteiger partial charge in [-0.15, -0.1) is 0 Å². The van der Waals surface area contributed by atoms with Gasteiger partial charge in [0.1, 0.15) is 23.3 Å². The van der Waals surface area contributed by atoms with Gasteiger partial charge in [-0.1, -0.05) is 117 Å². The maximum absolute atomic E-state index is 13.8. The molecule has 0 heterocycles. The van der Waals surface area contributed by atoms with Crippen LogP contribution < -0.4 is 26.6 Å². The highest BCUT2D eigenvalue weighted by atomic mass is 16.6. The van der Waals surface area contributed by atoms with Crippen LogP contribution in [0.5, 0.6) is 0 Å². The standard InChI is InChI=1S/C52H97N5O11/c1-9-11-13-15-17-19-21-23-25-33-45(59)65-40-29-27-37-53-44(58)36-35-43(47(61)54-38-28-30-41-66-46(60)34-26-24-22-20-18-16-14-12-10-2)56-48(62)42(57-50(64)68-52(6,7)8)32-31-39-55-49(63)67-51(3,4)5/h42-43H,9-41H2,1-8H3,(H,53,58)(H,54,61)(H,55,63)(H,56,62)(H,57,64). The van der Waals surface area contributed by atoms with Gasteiger partial charge in [-0.2, -0.15) is 0 Å². The van der Waals surface area contributed by atoms with E-state index >= 15 is 0 Å². The molecule has 0 spiro atoms. The van der Waals surface area contributed by atoms with Crippen molar-refractivity contribution < 1.29 is 52.5 Å². The molecular weight excluding hydrogens is 871 g/mol. The largest absolute Gasteiger partial charge is 0.466 e. The summed E-state index contributed by atoms with van der Waals surface area (Å²) in [7, 11) is 0. The van der Waals surface area contributed by atoms with Crippen molar-refractivity contribution in [1.82, 2.24) is 26.6 Å². The number of esters is 2. The summed E-state index contributed by atoms with van der Waals surface area (Å²) in [4.78, 5) is 89.7. The normalized spacial score (nSPS) is 12.3. The summed E-state index contributed by atoms with van der Waals surface area (Å²) >= 11 is 0. The number of hydrogen-bond donors (Lipinski definition) is 5.